The molecule has 0 aliphatic carbocycles. The second kappa shape index (κ2) is 9.52. The second-order valence-corrected chi connectivity index (χ2v) is 5.83. The van der Waals surface area contributed by atoms with Crippen LogP contribution < -0.4 is 20.7 Å². The smallest absolute Gasteiger partial charge is 0.229 e. The normalized spacial score (nSPS) is 10.4. The summed E-state index contributed by atoms with van der Waals surface area (Å²) >= 11 is 0. The monoisotopic (exact) mass is 383 g/mol. The molecule has 0 unspecified atom stereocenters. The van der Waals surface area contributed by atoms with Crippen LogP contribution in [0.4, 0.5) is 33.2 Å². The van der Waals surface area contributed by atoms with Crippen LogP contribution >= 0.6 is 0 Å². The number of nitrogens with zero attached hydrogens (tertiary/aromatic N) is 2. The van der Waals surface area contributed by atoms with E-state index in [0.29, 0.717) is 13.2 Å². The minimum Gasteiger partial charge on any atom is -0.491 e. The predicted octanol–water partition coefficient (Wildman–Crippen LogP) is 4.17. The van der Waals surface area contributed by atoms with E-state index >= 15 is 0 Å². The summed E-state index contributed by atoms with van der Waals surface area (Å²) in [5.41, 5.74) is 2.45. The highest BCUT2D eigenvalue weighted by Gasteiger charge is 2.08. The van der Waals surface area contributed by atoms with E-state index in [9.17, 15) is 4.39 Å². The van der Waals surface area contributed by atoms with Crippen molar-refractivity contribution in [2.24, 2.45) is 0 Å². The lowest BCUT2D eigenvalue weighted by Crippen LogP contribution is -2.05. The number of ether oxygens (including phenoxy) is 2. The number of hydrogen-bond acceptors (Lipinski definition) is 7. The number of halogens is 1. The molecule has 1 aromatic heterocycles. The summed E-state index contributed by atoms with van der Waals surface area (Å²) in [7, 11) is 3.46. The Hall–Kier alpha value is -3.39. The second-order valence-electron chi connectivity index (χ2n) is 5.83. The first-order valence-electron chi connectivity index (χ1n) is 8.74. The number of aromatic nitrogens is 2. The molecule has 0 radical (unpaired) electrons. The van der Waals surface area contributed by atoms with Crippen LogP contribution in [0.2, 0.25) is 0 Å². The Morgan fingerprint density at radius 2 is 1.54 bits per heavy atom. The lowest BCUT2D eigenvalue weighted by molar-refractivity contribution is 0.146. The quantitative estimate of drug-likeness (QED) is 0.479. The Morgan fingerprint density at radius 1 is 0.893 bits per heavy atom. The Bertz CT molecular complexity index is 888. The van der Waals surface area contributed by atoms with Crippen LogP contribution in [0.15, 0.2) is 54.7 Å². The molecular weight excluding hydrogens is 361 g/mol. The minimum absolute atomic E-state index is 0.0919. The molecule has 0 bridgehead atoms. The standard InChI is InChI=1S/C20H22FN5O2/c1-22-14-3-5-15(6-4-14)24-19-18(21)13-23-20(26-19)25-16-7-9-17(10-8-16)28-12-11-27-2/h3-10,13,22H,11-12H2,1-2H3,(H2,23,24,25,26). The van der Waals surface area contributed by atoms with E-state index in [1.54, 1.807) is 7.11 Å². The van der Waals surface area contributed by atoms with E-state index in [1.165, 1.54) is 0 Å². The molecule has 3 aromatic rings. The Balaban J connectivity index is 1.66. The summed E-state index contributed by atoms with van der Waals surface area (Å²) in [5.74, 6) is 0.568. The summed E-state index contributed by atoms with van der Waals surface area (Å²) in [4.78, 5) is 8.21. The van der Waals surface area contributed by atoms with Gasteiger partial charge in [0.25, 0.3) is 0 Å². The van der Waals surface area contributed by atoms with Gasteiger partial charge in [0.15, 0.2) is 11.6 Å². The third kappa shape index (κ3) is 5.31. The molecule has 8 heteroatoms. The molecular formula is C20H22FN5O2. The third-order valence-corrected chi connectivity index (χ3v) is 3.85. The first-order valence-corrected chi connectivity index (χ1v) is 8.74. The molecule has 28 heavy (non-hydrogen) atoms. The van der Waals surface area contributed by atoms with Crippen molar-refractivity contribution in [3.05, 3.63) is 60.5 Å². The summed E-state index contributed by atoms with van der Waals surface area (Å²) in [6.07, 6.45) is 1.13. The SMILES string of the molecule is CNc1ccc(Nc2nc(Nc3ccc(OCCOC)cc3)ncc2F)cc1. The van der Waals surface area contributed by atoms with Crippen molar-refractivity contribution >= 4 is 28.8 Å². The summed E-state index contributed by atoms with van der Waals surface area (Å²) in [6, 6.07) is 14.8. The zero-order valence-electron chi connectivity index (χ0n) is 15.7. The molecule has 1 heterocycles. The van der Waals surface area contributed by atoms with E-state index in [2.05, 4.69) is 25.9 Å². The van der Waals surface area contributed by atoms with E-state index in [0.717, 1.165) is 29.0 Å². The number of benzene rings is 2. The fraction of sp³-hybridized carbons (Fsp3) is 0.200. The Labute approximate surface area is 162 Å². The van der Waals surface area contributed by atoms with E-state index in [-0.39, 0.29) is 11.8 Å². The number of rotatable bonds is 9. The van der Waals surface area contributed by atoms with Crippen molar-refractivity contribution in [3.8, 4) is 5.75 Å². The zero-order chi connectivity index (χ0) is 19.8. The molecule has 0 spiro atoms. The maximum absolute atomic E-state index is 14.1. The molecule has 0 amide bonds. The van der Waals surface area contributed by atoms with Gasteiger partial charge < -0.3 is 25.4 Å². The van der Waals surface area contributed by atoms with Crippen molar-refractivity contribution < 1.29 is 13.9 Å². The molecule has 2 aromatic carbocycles. The number of anilines is 5. The van der Waals surface area contributed by atoms with Crippen molar-refractivity contribution in [2.45, 2.75) is 0 Å². The summed E-state index contributed by atoms with van der Waals surface area (Å²) < 4.78 is 24.6. The molecule has 0 saturated heterocycles. The molecule has 3 rings (SSSR count). The van der Waals surface area contributed by atoms with Gasteiger partial charge in [0.1, 0.15) is 12.4 Å². The molecule has 0 aliphatic heterocycles. The van der Waals surface area contributed by atoms with Gasteiger partial charge in [-0.1, -0.05) is 0 Å². The maximum Gasteiger partial charge on any atom is 0.229 e. The van der Waals surface area contributed by atoms with Crippen LogP contribution in [-0.2, 0) is 4.74 Å². The topological polar surface area (TPSA) is 80.3 Å². The molecule has 0 atom stereocenters. The molecule has 146 valence electrons. The van der Waals surface area contributed by atoms with Crippen molar-refractivity contribution in [3.63, 3.8) is 0 Å². The van der Waals surface area contributed by atoms with Crippen LogP contribution in [0.1, 0.15) is 0 Å². The minimum atomic E-state index is -0.537. The van der Waals surface area contributed by atoms with Gasteiger partial charge in [-0.3, -0.25) is 0 Å². The number of methoxy groups -OCH3 is 1. The maximum atomic E-state index is 14.1. The van der Waals surface area contributed by atoms with Gasteiger partial charge in [0.2, 0.25) is 5.95 Å². The van der Waals surface area contributed by atoms with Crippen molar-refractivity contribution in [1.82, 2.24) is 9.97 Å². The zero-order valence-corrected chi connectivity index (χ0v) is 15.7. The van der Waals surface area contributed by atoms with Crippen LogP contribution in [-0.4, -0.2) is 37.3 Å². The van der Waals surface area contributed by atoms with Gasteiger partial charge >= 0.3 is 0 Å². The van der Waals surface area contributed by atoms with Crippen LogP contribution in [0.25, 0.3) is 0 Å². The van der Waals surface area contributed by atoms with Gasteiger partial charge in [0, 0.05) is 31.2 Å². The third-order valence-electron chi connectivity index (χ3n) is 3.85. The van der Waals surface area contributed by atoms with Crippen LogP contribution in [0, 0.1) is 5.82 Å². The molecule has 3 N–H and O–H groups in total. The molecule has 0 fully saturated rings. The van der Waals surface area contributed by atoms with Gasteiger partial charge in [0.05, 0.1) is 12.8 Å². The van der Waals surface area contributed by atoms with Crippen molar-refractivity contribution in [1.29, 1.82) is 0 Å². The average Bonchev–Trinajstić information content (AvgIpc) is 2.72. The molecule has 0 saturated carbocycles. The lowest BCUT2D eigenvalue weighted by atomic mass is 10.3. The number of nitrogens with one attached hydrogen (secondary N) is 3. The van der Waals surface area contributed by atoms with E-state index in [1.807, 2.05) is 55.6 Å². The first-order chi connectivity index (χ1) is 13.7. The highest BCUT2D eigenvalue weighted by Crippen LogP contribution is 2.22. The van der Waals surface area contributed by atoms with Crippen molar-refractivity contribution in [2.75, 3.05) is 43.3 Å². The predicted molar refractivity (Wildman–Crippen MR) is 108 cm³/mol. The average molecular weight is 383 g/mol. The van der Waals surface area contributed by atoms with E-state index < -0.39 is 5.82 Å². The Kier molecular flexibility index (Phi) is 6.59. The summed E-state index contributed by atoms with van der Waals surface area (Å²) in [6.45, 7) is 1.01. The van der Waals surface area contributed by atoms with Crippen LogP contribution in [0.5, 0.6) is 5.75 Å². The molecule has 7 nitrogen and oxygen atoms in total. The fourth-order valence-corrected chi connectivity index (χ4v) is 2.38. The number of hydrogen-bond donors (Lipinski definition) is 3. The Morgan fingerprint density at radius 3 is 2.21 bits per heavy atom. The highest BCUT2D eigenvalue weighted by molar-refractivity contribution is 5.62. The first kappa shape index (κ1) is 19.4. The largest absolute Gasteiger partial charge is 0.491 e. The fourth-order valence-electron chi connectivity index (χ4n) is 2.38. The van der Waals surface area contributed by atoms with Gasteiger partial charge in [-0.15, -0.1) is 0 Å². The summed E-state index contributed by atoms with van der Waals surface area (Å²) in [5, 5.41) is 9.04. The van der Waals surface area contributed by atoms with Crippen LogP contribution in [0.3, 0.4) is 0 Å². The van der Waals surface area contributed by atoms with Gasteiger partial charge in [-0.05, 0) is 48.5 Å². The van der Waals surface area contributed by atoms with Gasteiger partial charge in [-0.2, -0.15) is 4.98 Å². The lowest BCUT2D eigenvalue weighted by Gasteiger charge is -2.11. The molecule has 0 aliphatic rings. The highest BCUT2D eigenvalue weighted by atomic mass is 19.1. The van der Waals surface area contributed by atoms with E-state index in [4.69, 9.17) is 9.47 Å². The van der Waals surface area contributed by atoms with Gasteiger partial charge in [-0.25, -0.2) is 9.37 Å².